The Morgan fingerprint density at radius 2 is 2.19 bits per heavy atom. The van der Waals surface area contributed by atoms with E-state index in [-0.39, 0.29) is 0 Å². The van der Waals surface area contributed by atoms with E-state index in [2.05, 4.69) is 15.5 Å². The highest BCUT2D eigenvalue weighted by Gasteiger charge is 2.28. The summed E-state index contributed by atoms with van der Waals surface area (Å²) in [5.41, 5.74) is 7.19. The van der Waals surface area contributed by atoms with Gasteiger partial charge in [0.2, 0.25) is 0 Å². The summed E-state index contributed by atoms with van der Waals surface area (Å²) in [6.07, 6.45) is 2.25. The number of hydrogen-bond donors (Lipinski definition) is 1. The molecule has 2 aromatic rings. The lowest BCUT2D eigenvalue weighted by Gasteiger charge is -2.05. The van der Waals surface area contributed by atoms with Gasteiger partial charge >= 0.3 is 0 Å². The van der Waals surface area contributed by atoms with E-state index in [1.165, 1.54) is 0 Å². The maximum atomic E-state index is 6.12. The lowest BCUT2D eigenvalue weighted by molar-refractivity contribution is 0.615. The number of aromatic nitrogens is 4. The molecule has 0 aliphatic heterocycles. The Kier molecular flexibility index (Phi) is 2.07. The van der Waals surface area contributed by atoms with Crippen molar-refractivity contribution >= 4 is 17.3 Å². The first-order chi connectivity index (χ1) is 7.75. The van der Waals surface area contributed by atoms with Crippen LogP contribution in [0.4, 0.5) is 5.69 Å². The van der Waals surface area contributed by atoms with E-state index in [1.807, 2.05) is 4.68 Å². The van der Waals surface area contributed by atoms with Crippen molar-refractivity contribution in [2.75, 3.05) is 5.73 Å². The smallest absolute Gasteiger partial charge is 0.183 e. The van der Waals surface area contributed by atoms with E-state index < -0.39 is 0 Å². The molecule has 3 rings (SSSR count). The molecule has 82 valence electrons. The Bertz CT molecular complexity index is 532. The Morgan fingerprint density at radius 1 is 1.38 bits per heavy atom. The van der Waals surface area contributed by atoms with Crippen molar-refractivity contribution in [3.05, 3.63) is 23.2 Å². The molecule has 2 N–H and O–H groups in total. The summed E-state index contributed by atoms with van der Waals surface area (Å²) >= 11 is 6.12. The molecule has 1 aromatic heterocycles. The lowest BCUT2D eigenvalue weighted by Crippen LogP contribution is -2.00. The second-order valence-corrected chi connectivity index (χ2v) is 4.32. The number of tetrazole rings is 1. The molecular formula is C10H10ClN5. The number of nitrogens with zero attached hydrogens (tertiary/aromatic N) is 4. The number of anilines is 1. The topological polar surface area (TPSA) is 69.6 Å². The van der Waals surface area contributed by atoms with Crippen molar-refractivity contribution in [2.24, 2.45) is 0 Å². The maximum Gasteiger partial charge on any atom is 0.183 e. The number of nitrogen functional groups attached to an aromatic ring is 1. The zero-order valence-corrected chi connectivity index (χ0v) is 9.22. The highest BCUT2D eigenvalue weighted by molar-refractivity contribution is 6.33. The van der Waals surface area contributed by atoms with Gasteiger partial charge in [-0.15, -0.1) is 5.10 Å². The van der Waals surface area contributed by atoms with Crippen molar-refractivity contribution in [1.82, 2.24) is 20.2 Å². The van der Waals surface area contributed by atoms with Gasteiger partial charge in [-0.1, -0.05) is 11.6 Å². The molecule has 1 aromatic carbocycles. The van der Waals surface area contributed by atoms with E-state index >= 15 is 0 Å². The normalized spacial score (nSPS) is 15.3. The molecule has 0 amide bonds. The van der Waals surface area contributed by atoms with Crippen molar-refractivity contribution in [3.63, 3.8) is 0 Å². The molecule has 1 aliphatic rings. The van der Waals surface area contributed by atoms with Gasteiger partial charge in [-0.3, -0.25) is 0 Å². The van der Waals surface area contributed by atoms with Crippen LogP contribution in [0.1, 0.15) is 18.9 Å². The van der Waals surface area contributed by atoms with Gasteiger partial charge in [0.25, 0.3) is 0 Å². The predicted octanol–water partition coefficient (Wildman–Crippen LogP) is 1.91. The third kappa shape index (κ3) is 1.53. The summed E-state index contributed by atoms with van der Waals surface area (Å²) < 4.78 is 1.82. The highest BCUT2D eigenvalue weighted by Crippen LogP contribution is 2.38. The summed E-state index contributed by atoms with van der Waals surface area (Å²) in [6.45, 7) is 0. The summed E-state index contributed by atoms with van der Waals surface area (Å²) in [4.78, 5) is 0. The lowest BCUT2D eigenvalue weighted by atomic mass is 10.2. The molecule has 0 spiro atoms. The van der Waals surface area contributed by atoms with Crippen molar-refractivity contribution in [3.8, 4) is 11.4 Å². The van der Waals surface area contributed by atoms with Gasteiger partial charge in [0.1, 0.15) is 0 Å². The van der Waals surface area contributed by atoms with Crippen molar-refractivity contribution in [1.29, 1.82) is 0 Å². The Hall–Kier alpha value is -1.62. The first kappa shape index (κ1) is 9.59. The molecule has 1 aliphatic carbocycles. The number of hydrogen-bond acceptors (Lipinski definition) is 4. The zero-order valence-electron chi connectivity index (χ0n) is 8.47. The van der Waals surface area contributed by atoms with Crippen LogP contribution in [0.25, 0.3) is 11.4 Å². The molecule has 0 unspecified atom stereocenters. The monoisotopic (exact) mass is 235 g/mol. The van der Waals surface area contributed by atoms with Crippen molar-refractivity contribution in [2.45, 2.75) is 18.9 Å². The van der Waals surface area contributed by atoms with Gasteiger partial charge in [0.05, 0.1) is 11.1 Å². The van der Waals surface area contributed by atoms with Crippen LogP contribution in [0.5, 0.6) is 0 Å². The molecule has 1 saturated carbocycles. The summed E-state index contributed by atoms with van der Waals surface area (Å²) in [6, 6.07) is 5.74. The summed E-state index contributed by atoms with van der Waals surface area (Å²) in [7, 11) is 0. The summed E-state index contributed by atoms with van der Waals surface area (Å²) in [5.74, 6) is 0.694. The number of halogens is 1. The van der Waals surface area contributed by atoms with Crippen LogP contribution in [0.2, 0.25) is 5.02 Å². The van der Waals surface area contributed by atoms with E-state index in [1.54, 1.807) is 18.2 Å². The van der Waals surface area contributed by atoms with Gasteiger partial charge < -0.3 is 5.73 Å². The third-order valence-corrected chi connectivity index (χ3v) is 2.95. The average molecular weight is 236 g/mol. The first-order valence-corrected chi connectivity index (χ1v) is 5.47. The van der Waals surface area contributed by atoms with Crippen LogP contribution >= 0.6 is 11.6 Å². The SMILES string of the molecule is Nc1ccc(Cl)c(-c2nnnn2C2CC2)c1. The minimum atomic E-state index is 0.419. The molecule has 1 heterocycles. The first-order valence-electron chi connectivity index (χ1n) is 5.09. The second kappa shape index (κ2) is 3.45. The molecule has 6 heteroatoms. The quantitative estimate of drug-likeness (QED) is 0.808. The Labute approximate surface area is 97.2 Å². The number of benzene rings is 1. The zero-order chi connectivity index (χ0) is 11.1. The highest BCUT2D eigenvalue weighted by atomic mass is 35.5. The minimum absolute atomic E-state index is 0.419. The van der Waals surface area contributed by atoms with Crippen LogP contribution in [-0.4, -0.2) is 20.2 Å². The fourth-order valence-electron chi connectivity index (χ4n) is 1.65. The van der Waals surface area contributed by atoms with Crippen LogP contribution in [0.3, 0.4) is 0 Å². The van der Waals surface area contributed by atoms with Gasteiger partial charge in [-0.25, -0.2) is 4.68 Å². The van der Waals surface area contributed by atoms with Gasteiger partial charge in [0.15, 0.2) is 5.82 Å². The third-order valence-electron chi connectivity index (χ3n) is 2.62. The number of nitrogens with two attached hydrogens (primary N) is 1. The Morgan fingerprint density at radius 3 is 2.94 bits per heavy atom. The van der Waals surface area contributed by atoms with Crippen LogP contribution in [0.15, 0.2) is 18.2 Å². The minimum Gasteiger partial charge on any atom is -0.399 e. The largest absolute Gasteiger partial charge is 0.399 e. The molecule has 0 saturated heterocycles. The molecule has 0 radical (unpaired) electrons. The van der Waals surface area contributed by atoms with Crippen molar-refractivity contribution < 1.29 is 0 Å². The Balaban J connectivity index is 2.13. The standard InChI is InChI=1S/C10H10ClN5/c11-9-4-1-6(12)5-8(9)10-13-14-15-16(10)7-2-3-7/h1,4-5,7H,2-3,12H2. The van der Waals surface area contributed by atoms with E-state index in [0.29, 0.717) is 22.6 Å². The van der Waals surface area contributed by atoms with Gasteiger partial charge in [-0.2, -0.15) is 0 Å². The second-order valence-electron chi connectivity index (χ2n) is 3.92. The van der Waals surface area contributed by atoms with Crippen LogP contribution in [-0.2, 0) is 0 Å². The molecule has 5 nitrogen and oxygen atoms in total. The van der Waals surface area contributed by atoms with Gasteiger partial charge in [0, 0.05) is 11.3 Å². The van der Waals surface area contributed by atoms with E-state index in [9.17, 15) is 0 Å². The van der Waals surface area contributed by atoms with Crippen LogP contribution < -0.4 is 5.73 Å². The average Bonchev–Trinajstić information content (AvgIpc) is 3.01. The fourth-order valence-corrected chi connectivity index (χ4v) is 1.85. The molecule has 0 atom stereocenters. The van der Waals surface area contributed by atoms with Crippen LogP contribution in [0, 0.1) is 0 Å². The van der Waals surface area contributed by atoms with Gasteiger partial charge in [-0.05, 0) is 41.5 Å². The van der Waals surface area contributed by atoms with E-state index in [4.69, 9.17) is 17.3 Å². The molecule has 1 fully saturated rings. The molecule has 0 bridgehead atoms. The van der Waals surface area contributed by atoms with E-state index in [0.717, 1.165) is 18.4 Å². The molecular weight excluding hydrogens is 226 g/mol. The maximum absolute atomic E-state index is 6.12. The fraction of sp³-hybridized carbons (Fsp3) is 0.300. The predicted molar refractivity (Wildman–Crippen MR) is 60.9 cm³/mol. The molecule has 16 heavy (non-hydrogen) atoms. The number of rotatable bonds is 2. The summed E-state index contributed by atoms with van der Waals surface area (Å²) in [5, 5.41) is 12.3.